The largest absolute Gasteiger partial charge is 0.355 e. The van der Waals surface area contributed by atoms with E-state index in [0.717, 1.165) is 0 Å². The number of nitrogens with one attached hydrogen (secondary N) is 1. The summed E-state index contributed by atoms with van der Waals surface area (Å²) in [5.41, 5.74) is 0. The van der Waals surface area contributed by atoms with E-state index < -0.39 is 0 Å². The third-order valence-corrected chi connectivity index (χ3v) is 1.28. The van der Waals surface area contributed by atoms with Crippen LogP contribution in [0.1, 0.15) is 13.8 Å². The van der Waals surface area contributed by atoms with Crippen molar-refractivity contribution in [1.29, 1.82) is 0 Å². The Kier molecular flexibility index (Phi) is 5.15. The Morgan fingerprint density at radius 1 is 1.55 bits per heavy atom. The second-order valence-corrected chi connectivity index (χ2v) is 2.12. The lowest BCUT2D eigenvalue weighted by molar-refractivity contribution is -0.127. The smallest absolute Gasteiger partial charge is 0.239 e. The molecule has 0 spiro atoms. The molecule has 0 aliphatic heterocycles. The van der Waals surface area contributed by atoms with E-state index in [1.54, 1.807) is 0 Å². The zero-order valence-electron chi connectivity index (χ0n) is 6.96. The van der Waals surface area contributed by atoms with Crippen molar-refractivity contribution < 1.29 is 9.59 Å². The highest BCUT2D eigenvalue weighted by molar-refractivity contribution is 5.79. The maximum atomic E-state index is 10.9. The molecule has 0 aromatic rings. The molecule has 0 fully saturated rings. The summed E-state index contributed by atoms with van der Waals surface area (Å²) >= 11 is 0. The van der Waals surface area contributed by atoms with E-state index in [1.165, 1.54) is 4.90 Å². The van der Waals surface area contributed by atoms with E-state index in [4.69, 9.17) is 0 Å². The van der Waals surface area contributed by atoms with Crippen molar-refractivity contribution in [1.82, 2.24) is 10.2 Å². The Balaban J connectivity index is 3.62. The fraction of sp³-hybridized carbons (Fsp3) is 0.714. The van der Waals surface area contributed by atoms with Crippen molar-refractivity contribution in [3.05, 3.63) is 0 Å². The molecule has 4 nitrogen and oxygen atoms in total. The van der Waals surface area contributed by atoms with Gasteiger partial charge in [0.05, 0.1) is 6.54 Å². The zero-order valence-corrected chi connectivity index (χ0v) is 6.96. The topological polar surface area (TPSA) is 49.4 Å². The normalized spacial score (nSPS) is 8.91. The molecular weight excluding hydrogens is 144 g/mol. The maximum Gasteiger partial charge on any atom is 0.239 e. The molecule has 0 unspecified atom stereocenters. The van der Waals surface area contributed by atoms with E-state index in [0.29, 0.717) is 19.5 Å². The SMILES string of the molecule is CCNC(=O)CN(C=O)CC. The first-order chi connectivity index (χ1) is 5.24. The van der Waals surface area contributed by atoms with Crippen LogP contribution < -0.4 is 5.32 Å². The summed E-state index contributed by atoms with van der Waals surface area (Å²) < 4.78 is 0. The summed E-state index contributed by atoms with van der Waals surface area (Å²) in [4.78, 5) is 22.5. The van der Waals surface area contributed by atoms with Crippen LogP contribution in [0.3, 0.4) is 0 Å². The van der Waals surface area contributed by atoms with Crippen LogP contribution in [0.5, 0.6) is 0 Å². The average Bonchev–Trinajstić information content (AvgIpc) is 2.01. The molecule has 0 aromatic carbocycles. The van der Waals surface area contributed by atoms with Gasteiger partial charge in [-0.2, -0.15) is 0 Å². The highest BCUT2D eigenvalue weighted by Crippen LogP contribution is 1.80. The first-order valence-corrected chi connectivity index (χ1v) is 3.70. The monoisotopic (exact) mass is 158 g/mol. The van der Waals surface area contributed by atoms with Gasteiger partial charge in [0.2, 0.25) is 12.3 Å². The van der Waals surface area contributed by atoms with Crippen LogP contribution in [0.25, 0.3) is 0 Å². The zero-order chi connectivity index (χ0) is 8.69. The standard InChI is InChI=1S/C7H14N2O2/c1-3-8-7(11)5-9(4-2)6-10/h6H,3-5H2,1-2H3,(H,8,11). The lowest BCUT2D eigenvalue weighted by Gasteiger charge is -2.13. The molecule has 0 radical (unpaired) electrons. The van der Waals surface area contributed by atoms with Crippen LogP contribution in [-0.4, -0.2) is 36.9 Å². The highest BCUT2D eigenvalue weighted by Gasteiger charge is 2.03. The molecule has 0 atom stereocenters. The van der Waals surface area contributed by atoms with E-state index >= 15 is 0 Å². The molecule has 0 saturated carbocycles. The minimum Gasteiger partial charge on any atom is -0.355 e. The molecule has 0 heterocycles. The number of hydrogen-bond donors (Lipinski definition) is 1. The van der Waals surface area contributed by atoms with Gasteiger partial charge in [-0.25, -0.2) is 0 Å². The summed E-state index contributed by atoms with van der Waals surface area (Å²) in [5, 5.41) is 2.61. The molecule has 0 bridgehead atoms. The van der Waals surface area contributed by atoms with Crippen LogP contribution in [0, 0.1) is 0 Å². The Bertz CT molecular complexity index is 136. The van der Waals surface area contributed by atoms with Crippen molar-refractivity contribution in [2.24, 2.45) is 0 Å². The summed E-state index contributed by atoms with van der Waals surface area (Å²) in [5.74, 6) is -0.110. The number of carbonyl (C=O) groups excluding carboxylic acids is 2. The molecule has 1 N–H and O–H groups in total. The lowest BCUT2D eigenvalue weighted by atomic mass is 10.5. The fourth-order valence-corrected chi connectivity index (χ4v) is 0.661. The van der Waals surface area contributed by atoms with Crippen molar-refractivity contribution >= 4 is 12.3 Å². The third kappa shape index (κ3) is 4.36. The van der Waals surface area contributed by atoms with E-state index in [-0.39, 0.29) is 12.5 Å². The fourth-order valence-electron chi connectivity index (χ4n) is 0.661. The van der Waals surface area contributed by atoms with Crippen LogP contribution in [0.4, 0.5) is 0 Å². The van der Waals surface area contributed by atoms with Crippen molar-refractivity contribution in [2.45, 2.75) is 13.8 Å². The lowest BCUT2D eigenvalue weighted by Crippen LogP contribution is -2.36. The quantitative estimate of drug-likeness (QED) is 0.553. The van der Waals surface area contributed by atoms with E-state index in [1.807, 2.05) is 13.8 Å². The number of nitrogens with zero attached hydrogens (tertiary/aromatic N) is 1. The minimum absolute atomic E-state index is 0.110. The van der Waals surface area contributed by atoms with Crippen LogP contribution in [-0.2, 0) is 9.59 Å². The summed E-state index contributed by atoms with van der Waals surface area (Å²) in [6.45, 7) is 5.01. The predicted molar refractivity (Wildman–Crippen MR) is 42.0 cm³/mol. The molecule has 4 heteroatoms. The number of amides is 2. The van der Waals surface area contributed by atoms with Gasteiger partial charge in [0.15, 0.2) is 0 Å². The van der Waals surface area contributed by atoms with Gasteiger partial charge in [0, 0.05) is 13.1 Å². The van der Waals surface area contributed by atoms with Crippen LogP contribution in [0.2, 0.25) is 0 Å². The minimum atomic E-state index is -0.110. The summed E-state index contributed by atoms with van der Waals surface area (Å²) in [6, 6.07) is 0. The molecule has 64 valence electrons. The number of rotatable bonds is 5. The van der Waals surface area contributed by atoms with Crippen molar-refractivity contribution in [3.8, 4) is 0 Å². The van der Waals surface area contributed by atoms with Crippen molar-refractivity contribution in [2.75, 3.05) is 19.6 Å². The van der Waals surface area contributed by atoms with Crippen molar-refractivity contribution in [3.63, 3.8) is 0 Å². The molecule has 2 amide bonds. The Morgan fingerprint density at radius 3 is 2.55 bits per heavy atom. The van der Waals surface area contributed by atoms with Gasteiger partial charge in [-0.05, 0) is 13.8 Å². The Labute approximate surface area is 66.6 Å². The van der Waals surface area contributed by atoms with Gasteiger partial charge in [-0.3, -0.25) is 9.59 Å². The molecule has 0 aliphatic rings. The van der Waals surface area contributed by atoms with Gasteiger partial charge in [0.1, 0.15) is 0 Å². The van der Waals surface area contributed by atoms with Crippen LogP contribution >= 0.6 is 0 Å². The van der Waals surface area contributed by atoms with Gasteiger partial charge < -0.3 is 10.2 Å². The highest BCUT2D eigenvalue weighted by atomic mass is 16.2. The molecule has 0 saturated heterocycles. The predicted octanol–water partition coefficient (Wildman–Crippen LogP) is -0.399. The van der Waals surface area contributed by atoms with E-state index in [2.05, 4.69) is 5.32 Å². The van der Waals surface area contributed by atoms with Crippen LogP contribution in [0.15, 0.2) is 0 Å². The first kappa shape index (κ1) is 9.94. The first-order valence-electron chi connectivity index (χ1n) is 3.70. The number of carbonyl (C=O) groups is 2. The van der Waals surface area contributed by atoms with E-state index in [9.17, 15) is 9.59 Å². The maximum absolute atomic E-state index is 10.9. The molecule has 0 rings (SSSR count). The Hall–Kier alpha value is -1.06. The van der Waals surface area contributed by atoms with Gasteiger partial charge in [0.25, 0.3) is 0 Å². The number of hydrogen-bond acceptors (Lipinski definition) is 2. The summed E-state index contributed by atoms with van der Waals surface area (Å²) in [7, 11) is 0. The molecule has 0 aromatic heterocycles. The third-order valence-electron chi connectivity index (χ3n) is 1.28. The number of likely N-dealkylation sites (N-methyl/N-ethyl adjacent to an activating group) is 2. The summed E-state index contributed by atoms with van der Waals surface area (Å²) in [6.07, 6.45) is 0.676. The second kappa shape index (κ2) is 5.70. The molecular formula is C7H14N2O2. The molecule has 11 heavy (non-hydrogen) atoms. The van der Waals surface area contributed by atoms with Gasteiger partial charge in [-0.15, -0.1) is 0 Å². The van der Waals surface area contributed by atoms with Gasteiger partial charge >= 0.3 is 0 Å². The second-order valence-electron chi connectivity index (χ2n) is 2.12. The van der Waals surface area contributed by atoms with Gasteiger partial charge in [-0.1, -0.05) is 0 Å². The Morgan fingerprint density at radius 2 is 2.18 bits per heavy atom. The molecule has 0 aliphatic carbocycles. The average molecular weight is 158 g/mol.